The number of carboxylic acids is 1. The Hall–Kier alpha value is -0.990. The van der Waals surface area contributed by atoms with Crippen molar-refractivity contribution in [2.45, 2.75) is 26.4 Å². The van der Waals surface area contributed by atoms with E-state index in [0.717, 1.165) is 6.42 Å². The van der Waals surface area contributed by atoms with E-state index in [-0.39, 0.29) is 11.9 Å². The predicted octanol–water partition coefficient (Wildman–Crippen LogP) is 1.40. The minimum absolute atomic E-state index is 0.0195. The summed E-state index contributed by atoms with van der Waals surface area (Å²) in [5, 5.41) is 8.55. The van der Waals surface area contributed by atoms with Gasteiger partial charge >= 0.3 is 5.97 Å². The molecule has 0 saturated carbocycles. The fraction of sp³-hybridized carbons (Fsp3) is 0.625. The fourth-order valence-corrected chi connectivity index (χ4v) is 0.987. The topological polar surface area (TPSA) is 46.5 Å². The van der Waals surface area contributed by atoms with Crippen LogP contribution in [0.25, 0.3) is 0 Å². The summed E-state index contributed by atoms with van der Waals surface area (Å²) in [6, 6.07) is 0. The van der Waals surface area contributed by atoms with Gasteiger partial charge in [-0.15, -0.1) is 0 Å². The Morgan fingerprint density at radius 2 is 2.36 bits per heavy atom. The third-order valence-electron chi connectivity index (χ3n) is 2.00. The molecule has 2 unspecified atom stereocenters. The van der Waals surface area contributed by atoms with Crippen molar-refractivity contribution >= 4 is 5.97 Å². The summed E-state index contributed by atoms with van der Waals surface area (Å²) in [5.74, 6) is -0.461. The van der Waals surface area contributed by atoms with E-state index in [4.69, 9.17) is 9.84 Å². The van der Waals surface area contributed by atoms with E-state index in [1.165, 1.54) is 0 Å². The highest BCUT2D eigenvalue weighted by Crippen LogP contribution is 2.21. The molecule has 0 aromatic rings. The summed E-state index contributed by atoms with van der Waals surface area (Å²) in [6.45, 7) is 3.93. The van der Waals surface area contributed by atoms with Gasteiger partial charge in [-0.3, -0.25) is 0 Å². The fourth-order valence-electron chi connectivity index (χ4n) is 0.987. The Bertz CT molecular complexity index is 196. The van der Waals surface area contributed by atoms with Crippen molar-refractivity contribution in [2.24, 2.45) is 5.92 Å². The van der Waals surface area contributed by atoms with Crippen molar-refractivity contribution < 1.29 is 14.6 Å². The Labute approximate surface area is 65.7 Å². The largest absolute Gasteiger partial charge is 0.483 e. The van der Waals surface area contributed by atoms with Gasteiger partial charge < -0.3 is 9.84 Å². The van der Waals surface area contributed by atoms with Crippen molar-refractivity contribution in [1.82, 2.24) is 0 Å². The second kappa shape index (κ2) is 2.95. The van der Waals surface area contributed by atoms with Crippen LogP contribution in [-0.2, 0) is 9.53 Å². The molecule has 0 amide bonds. The molecule has 2 atom stereocenters. The average molecular weight is 156 g/mol. The Balaban J connectivity index is 2.66. The van der Waals surface area contributed by atoms with Crippen LogP contribution in [0.15, 0.2) is 11.8 Å². The molecule has 1 aliphatic heterocycles. The lowest BCUT2D eigenvalue weighted by Crippen LogP contribution is -2.24. The number of ether oxygens (including phenoxy) is 1. The van der Waals surface area contributed by atoms with Crippen LogP contribution in [0.5, 0.6) is 0 Å². The van der Waals surface area contributed by atoms with Gasteiger partial charge in [-0.2, -0.15) is 0 Å². The van der Waals surface area contributed by atoms with Crippen LogP contribution in [0.1, 0.15) is 20.3 Å². The van der Waals surface area contributed by atoms with Crippen LogP contribution in [0, 0.1) is 5.92 Å². The Morgan fingerprint density at radius 1 is 1.73 bits per heavy atom. The van der Waals surface area contributed by atoms with E-state index in [1.807, 2.05) is 13.8 Å². The van der Waals surface area contributed by atoms with E-state index in [0.29, 0.717) is 5.92 Å². The summed E-state index contributed by atoms with van der Waals surface area (Å²) in [6.07, 6.45) is 2.45. The van der Waals surface area contributed by atoms with Gasteiger partial charge in [0.2, 0.25) is 5.76 Å². The van der Waals surface area contributed by atoms with Gasteiger partial charge in [0, 0.05) is 0 Å². The van der Waals surface area contributed by atoms with Crippen LogP contribution in [-0.4, -0.2) is 17.2 Å². The van der Waals surface area contributed by atoms with E-state index in [1.54, 1.807) is 6.08 Å². The van der Waals surface area contributed by atoms with Gasteiger partial charge in [0.05, 0.1) is 6.10 Å². The summed E-state index contributed by atoms with van der Waals surface area (Å²) in [4.78, 5) is 10.4. The molecule has 0 fully saturated rings. The highest BCUT2D eigenvalue weighted by molar-refractivity contribution is 5.84. The smallest absolute Gasteiger partial charge is 0.370 e. The first-order chi connectivity index (χ1) is 5.11. The first-order valence-electron chi connectivity index (χ1n) is 3.71. The van der Waals surface area contributed by atoms with E-state index < -0.39 is 5.97 Å². The molecule has 3 heteroatoms. The van der Waals surface area contributed by atoms with Crippen molar-refractivity contribution in [3.8, 4) is 0 Å². The van der Waals surface area contributed by atoms with Crippen LogP contribution in [0.2, 0.25) is 0 Å². The number of allylic oxidation sites excluding steroid dienone is 1. The molecule has 0 aliphatic carbocycles. The van der Waals surface area contributed by atoms with Crippen LogP contribution < -0.4 is 0 Å². The molecular weight excluding hydrogens is 144 g/mol. The minimum Gasteiger partial charge on any atom is -0.483 e. The van der Waals surface area contributed by atoms with Gasteiger partial charge in [0.1, 0.15) is 0 Å². The van der Waals surface area contributed by atoms with Gasteiger partial charge in [-0.25, -0.2) is 4.79 Å². The molecular formula is C8H12O3. The Morgan fingerprint density at radius 3 is 2.82 bits per heavy atom. The van der Waals surface area contributed by atoms with Crippen LogP contribution >= 0.6 is 0 Å². The zero-order chi connectivity index (χ0) is 8.43. The number of carboxylic acid groups (broad SMARTS) is 1. The molecule has 1 heterocycles. The Kier molecular flexibility index (Phi) is 2.17. The average Bonchev–Trinajstić information content (AvgIpc) is 1.94. The number of hydrogen-bond acceptors (Lipinski definition) is 2. The molecule has 0 spiro atoms. The zero-order valence-corrected chi connectivity index (χ0v) is 6.70. The summed E-state index contributed by atoms with van der Waals surface area (Å²) < 4.78 is 5.12. The molecule has 0 saturated heterocycles. The quantitative estimate of drug-likeness (QED) is 0.624. The van der Waals surface area contributed by atoms with Crippen LogP contribution in [0.3, 0.4) is 0 Å². The maximum Gasteiger partial charge on any atom is 0.370 e. The highest BCUT2D eigenvalue weighted by atomic mass is 16.5. The molecule has 0 radical (unpaired) electrons. The van der Waals surface area contributed by atoms with Gasteiger partial charge in [-0.05, 0) is 25.3 Å². The number of rotatable bonds is 1. The summed E-state index contributed by atoms with van der Waals surface area (Å²) in [5.41, 5.74) is 0. The number of hydrogen-bond donors (Lipinski definition) is 1. The van der Waals surface area contributed by atoms with Crippen molar-refractivity contribution in [1.29, 1.82) is 0 Å². The number of aliphatic carboxylic acids is 1. The molecule has 0 bridgehead atoms. The first-order valence-corrected chi connectivity index (χ1v) is 3.71. The number of carbonyl (C=O) groups is 1. The van der Waals surface area contributed by atoms with Gasteiger partial charge in [0.15, 0.2) is 0 Å². The molecule has 1 rings (SSSR count). The molecule has 0 aromatic carbocycles. The third kappa shape index (κ3) is 1.73. The first kappa shape index (κ1) is 8.11. The molecule has 0 aromatic heterocycles. The standard InChI is InChI=1S/C8H12O3/c1-5-3-4-7(8(9)10)11-6(5)2/h4-6H,3H2,1-2H3,(H,9,10). The van der Waals surface area contributed by atoms with Crippen molar-refractivity contribution in [2.75, 3.05) is 0 Å². The zero-order valence-electron chi connectivity index (χ0n) is 6.70. The van der Waals surface area contributed by atoms with E-state index in [9.17, 15) is 4.79 Å². The molecule has 11 heavy (non-hydrogen) atoms. The van der Waals surface area contributed by atoms with Crippen molar-refractivity contribution in [3.05, 3.63) is 11.8 Å². The molecule has 1 N–H and O–H groups in total. The normalized spacial score (nSPS) is 30.5. The lowest BCUT2D eigenvalue weighted by atomic mass is 9.99. The maximum atomic E-state index is 10.4. The van der Waals surface area contributed by atoms with Crippen LogP contribution in [0.4, 0.5) is 0 Å². The van der Waals surface area contributed by atoms with E-state index in [2.05, 4.69) is 0 Å². The van der Waals surface area contributed by atoms with Crippen molar-refractivity contribution in [3.63, 3.8) is 0 Å². The van der Waals surface area contributed by atoms with E-state index >= 15 is 0 Å². The summed E-state index contributed by atoms with van der Waals surface area (Å²) >= 11 is 0. The second-order valence-electron chi connectivity index (χ2n) is 2.91. The lowest BCUT2D eigenvalue weighted by molar-refractivity contribution is -0.138. The SMILES string of the molecule is CC1CC=C(C(=O)O)OC1C. The monoisotopic (exact) mass is 156 g/mol. The third-order valence-corrected chi connectivity index (χ3v) is 2.00. The van der Waals surface area contributed by atoms with Gasteiger partial charge in [0.25, 0.3) is 0 Å². The second-order valence-corrected chi connectivity index (χ2v) is 2.91. The maximum absolute atomic E-state index is 10.4. The highest BCUT2D eigenvalue weighted by Gasteiger charge is 2.22. The summed E-state index contributed by atoms with van der Waals surface area (Å²) in [7, 11) is 0. The molecule has 3 nitrogen and oxygen atoms in total. The molecule has 1 aliphatic rings. The predicted molar refractivity (Wildman–Crippen MR) is 40.0 cm³/mol. The molecule has 62 valence electrons. The minimum atomic E-state index is -0.969. The lowest BCUT2D eigenvalue weighted by Gasteiger charge is -2.24. The van der Waals surface area contributed by atoms with Gasteiger partial charge in [-0.1, -0.05) is 6.92 Å².